The molecule has 2 heterocycles. The van der Waals surface area contributed by atoms with E-state index in [-0.39, 0.29) is 18.0 Å². The second-order valence-electron chi connectivity index (χ2n) is 6.05. The van der Waals surface area contributed by atoms with E-state index in [1.807, 2.05) is 24.8 Å². The van der Waals surface area contributed by atoms with Crippen molar-refractivity contribution >= 4 is 21.8 Å². The lowest BCUT2D eigenvalue weighted by Gasteiger charge is -2.34. The van der Waals surface area contributed by atoms with E-state index in [0.29, 0.717) is 19.0 Å². The minimum absolute atomic E-state index is 0.254. The van der Waals surface area contributed by atoms with Crippen LogP contribution >= 0.6 is 0 Å². The van der Waals surface area contributed by atoms with Crippen molar-refractivity contribution in [3.63, 3.8) is 0 Å². The van der Waals surface area contributed by atoms with Crippen molar-refractivity contribution in [3.05, 3.63) is 41.8 Å². The van der Waals surface area contributed by atoms with E-state index in [2.05, 4.69) is 15.3 Å². The van der Waals surface area contributed by atoms with Crippen LogP contribution < -0.4 is 10.2 Å². The van der Waals surface area contributed by atoms with Crippen molar-refractivity contribution in [2.45, 2.75) is 18.7 Å². The van der Waals surface area contributed by atoms with Crippen LogP contribution in [-0.2, 0) is 10.0 Å². The largest absolute Gasteiger partial charge is 0.370 e. The second-order valence-corrected chi connectivity index (χ2v) is 7.95. The van der Waals surface area contributed by atoms with E-state index in [0.717, 1.165) is 24.1 Å². The summed E-state index contributed by atoms with van der Waals surface area (Å²) < 4.78 is 40.6. The molecule has 0 spiro atoms. The predicted octanol–water partition coefficient (Wildman–Crippen LogP) is 1.87. The average Bonchev–Trinajstić information content (AvgIpc) is 2.62. The third-order valence-corrected chi connectivity index (χ3v) is 6.11. The second kappa shape index (κ2) is 7.55. The number of nitrogens with zero attached hydrogens (tertiary/aromatic N) is 4. The van der Waals surface area contributed by atoms with Crippen LogP contribution in [0, 0.1) is 12.7 Å². The lowest BCUT2D eigenvalue weighted by Crippen LogP contribution is -2.49. The first kappa shape index (κ1) is 18.5. The van der Waals surface area contributed by atoms with Gasteiger partial charge in [0.2, 0.25) is 16.0 Å². The monoisotopic (exact) mass is 379 g/mol. The van der Waals surface area contributed by atoms with Gasteiger partial charge < -0.3 is 10.2 Å². The topological polar surface area (TPSA) is 78.4 Å². The first-order chi connectivity index (χ1) is 12.4. The van der Waals surface area contributed by atoms with Crippen LogP contribution in [0.1, 0.15) is 12.6 Å². The van der Waals surface area contributed by atoms with E-state index >= 15 is 0 Å². The number of sulfonamides is 1. The molecular weight excluding hydrogens is 357 g/mol. The highest BCUT2D eigenvalue weighted by atomic mass is 32.2. The van der Waals surface area contributed by atoms with Gasteiger partial charge in [0.1, 0.15) is 16.5 Å². The molecule has 1 N–H and O–H groups in total. The van der Waals surface area contributed by atoms with E-state index < -0.39 is 15.8 Å². The number of anilines is 2. The van der Waals surface area contributed by atoms with Gasteiger partial charge in [-0.3, -0.25) is 0 Å². The number of aromatic nitrogens is 2. The molecule has 0 radical (unpaired) electrons. The van der Waals surface area contributed by atoms with Crippen LogP contribution in [0.15, 0.2) is 35.2 Å². The van der Waals surface area contributed by atoms with Gasteiger partial charge in [0, 0.05) is 44.5 Å². The van der Waals surface area contributed by atoms with E-state index in [9.17, 15) is 12.8 Å². The number of hydrogen-bond acceptors (Lipinski definition) is 6. The van der Waals surface area contributed by atoms with Crippen molar-refractivity contribution in [1.29, 1.82) is 0 Å². The first-order valence-corrected chi connectivity index (χ1v) is 9.95. The molecule has 0 unspecified atom stereocenters. The Morgan fingerprint density at radius 2 is 1.85 bits per heavy atom. The molecule has 9 heteroatoms. The van der Waals surface area contributed by atoms with Crippen LogP contribution in [0.2, 0.25) is 0 Å². The normalized spacial score (nSPS) is 15.9. The van der Waals surface area contributed by atoms with Crippen LogP contribution in [0.5, 0.6) is 0 Å². The average molecular weight is 379 g/mol. The summed E-state index contributed by atoms with van der Waals surface area (Å²) in [4.78, 5) is 10.6. The van der Waals surface area contributed by atoms with Crippen molar-refractivity contribution in [2.24, 2.45) is 0 Å². The summed E-state index contributed by atoms with van der Waals surface area (Å²) in [6.07, 6.45) is 0. The number of nitrogens with one attached hydrogen (secondary N) is 1. The summed E-state index contributed by atoms with van der Waals surface area (Å²) in [7, 11) is -3.84. The molecule has 2 aromatic rings. The zero-order valence-electron chi connectivity index (χ0n) is 14.8. The van der Waals surface area contributed by atoms with Gasteiger partial charge in [-0.05, 0) is 26.0 Å². The molecular formula is C17H22FN5O2S. The Kier molecular flexibility index (Phi) is 5.38. The highest BCUT2D eigenvalue weighted by molar-refractivity contribution is 7.89. The summed E-state index contributed by atoms with van der Waals surface area (Å²) in [5, 5.41) is 3.16. The quantitative estimate of drug-likeness (QED) is 0.854. The van der Waals surface area contributed by atoms with Gasteiger partial charge in [-0.25, -0.2) is 17.8 Å². The SMILES string of the molecule is CCNc1cc(C)nc(N2CCN(S(=O)(=O)c3ccccc3F)CC2)n1. The molecule has 140 valence electrons. The van der Waals surface area contributed by atoms with Crippen LogP contribution in [0.3, 0.4) is 0 Å². The molecule has 0 atom stereocenters. The molecule has 1 aliphatic rings. The van der Waals surface area contributed by atoms with E-state index in [4.69, 9.17) is 0 Å². The molecule has 0 amide bonds. The van der Waals surface area contributed by atoms with Crippen molar-refractivity contribution in [3.8, 4) is 0 Å². The molecule has 7 nitrogen and oxygen atoms in total. The lowest BCUT2D eigenvalue weighted by atomic mass is 10.3. The highest BCUT2D eigenvalue weighted by Gasteiger charge is 2.31. The fourth-order valence-corrected chi connectivity index (χ4v) is 4.37. The number of hydrogen-bond donors (Lipinski definition) is 1. The number of rotatable bonds is 5. The predicted molar refractivity (Wildman–Crippen MR) is 98.3 cm³/mol. The fraction of sp³-hybridized carbons (Fsp3) is 0.412. The maximum atomic E-state index is 13.9. The lowest BCUT2D eigenvalue weighted by molar-refractivity contribution is 0.380. The molecule has 0 aliphatic carbocycles. The van der Waals surface area contributed by atoms with Crippen molar-refractivity contribution < 1.29 is 12.8 Å². The Balaban J connectivity index is 1.74. The summed E-state index contributed by atoms with van der Waals surface area (Å²) in [5.74, 6) is 0.590. The van der Waals surface area contributed by atoms with E-state index in [1.165, 1.54) is 22.5 Å². The highest BCUT2D eigenvalue weighted by Crippen LogP contribution is 2.22. The molecule has 0 bridgehead atoms. The first-order valence-electron chi connectivity index (χ1n) is 8.51. The summed E-state index contributed by atoms with van der Waals surface area (Å²) in [6.45, 7) is 6.04. The Morgan fingerprint density at radius 1 is 1.15 bits per heavy atom. The summed E-state index contributed by atoms with van der Waals surface area (Å²) in [6, 6.07) is 7.32. The molecule has 1 aromatic carbocycles. The molecule has 26 heavy (non-hydrogen) atoms. The standard InChI is InChI=1S/C17H22FN5O2S/c1-3-19-16-12-13(2)20-17(21-16)22-8-10-23(11-9-22)26(24,25)15-7-5-4-6-14(15)18/h4-7,12H,3,8-11H2,1-2H3,(H,19,20,21). The smallest absolute Gasteiger partial charge is 0.246 e. The third kappa shape index (κ3) is 3.78. The Hall–Kier alpha value is -2.26. The molecule has 1 aliphatic heterocycles. The molecule has 1 aromatic heterocycles. The van der Waals surface area contributed by atoms with Gasteiger partial charge >= 0.3 is 0 Å². The van der Waals surface area contributed by atoms with Gasteiger partial charge in [0.05, 0.1) is 0 Å². The molecule has 0 saturated carbocycles. The van der Waals surface area contributed by atoms with Gasteiger partial charge in [0.25, 0.3) is 0 Å². The Labute approximate surface area is 152 Å². The van der Waals surface area contributed by atoms with Gasteiger partial charge in [-0.1, -0.05) is 12.1 Å². The minimum atomic E-state index is -3.84. The number of benzene rings is 1. The minimum Gasteiger partial charge on any atom is -0.370 e. The van der Waals surface area contributed by atoms with Crippen molar-refractivity contribution in [1.82, 2.24) is 14.3 Å². The van der Waals surface area contributed by atoms with Crippen LogP contribution in [0.4, 0.5) is 16.2 Å². The van der Waals surface area contributed by atoms with Gasteiger partial charge in [-0.2, -0.15) is 9.29 Å². The zero-order chi connectivity index (χ0) is 18.7. The molecule has 1 fully saturated rings. The maximum Gasteiger partial charge on any atom is 0.246 e. The number of halogens is 1. The van der Waals surface area contributed by atoms with E-state index in [1.54, 1.807) is 0 Å². The van der Waals surface area contributed by atoms with Crippen molar-refractivity contribution in [2.75, 3.05) is 42.9 Å². The maximum absolute atomic E-state index is 13.9. The van der Waals surface area contributed by atoms with Crippen LogP contribution in [-0.4, -0.2) is 55.4 Å². The Morgan fingerprint density at radius 3 is 2.50 bits per heavy atom. The Bertz CT molecular complexity index is 882. The van der Waals surface area contributed by atoms with Crippen LogP contribution in [0.25, 0.3) is 0 Å². The van der Waals surface area contributed by atoms with Gasteiger partial charge in [-0.15, -0.1) is 0 Å². The fourth-order valence-electron chi connectivity index (χ4n) is 2.89. The third-order valence-electron chi connectivity index (χ3n) is 4.18. The molecule has 1 saturated heterocycles. The number of aryl methyl sites for hydroxylation is 1. The summed E-state index contributed by atoms with van der Waals surface area (Å²) >= 11 is 0. The molecule has 3 rings (SSSR count). The zero-order valence-corrected chi connectivity index (χ0v) is 15.6. The van der Waals surface area contributed by atoms with Gasteiger partial charge in [0.15, 0.2) is 0 Å². The number of piperazine rings is 1. The summed E-state index contributed by atoms with van der Waals surface area (Å²) in [5.41, 5.74) is 0.840.